The lowest BCUT2D eigenvalue weighted by Crippen LogP contribution is -3.06. The fourth-order valence-corrected chi connectivity index (χ4v) is 4.20. The van der Waals surface area contributed by atoms with E-state index < -0.39 is 22.8 Å². The molecule has 16 heavy (non-hydrogen) atoms. The molecule has 0 aromatic carbocycles. The van der Waals surface area contributed by atoms with Gasteiger partial charge in [0.2, 0.25) is 0 Å². The smallest absolute Gasteiger partial charge is 0.329 e. The lowest BCUT2D eigenvalue weighted by molar-refractivity contribution is -0.840. The summed E-state index contributed by atoms with van der Waals surface area (Å²) < 4.78 is 10.5. The molecule has 4 heterocycles. The normalized spacial score (nSPS) is 57.7. The molecule has 0 spiro atoms. The standard InChI is InChI=1S/C10H11NO5/c12-7-9-3-11(14)4-10(9,8(13)16-7)6-2-1-5(9)15-6/h5-6,11H,1-4H2. The van der Waals surface area contributed by atoms with Gasteiger partial charge in [-0.1, -0.05) is 0 Å². The second-order valence-electron chi connectivity index (χ2n) is 5.20. The van der Waals surface area contributed by atoms with Crippen molar-refractivity contribution in [2.45, 2.75) is 25.0 Å². The van der Waals surface area contributed by atoms with Crippen molar-refractivity contribution >= 4 is 11.9 Å². The van der Waals surface area contributed by atoms with Gasteiger partial charge in [0.1, 0.15) is 0 Å². The van der Waals surface area contributed by atoms with Crippen LogP contribution in [-0.2, 0) is 19.1 Å². The van der Waals surface area contributed by atoms with Gasteiger partial charge in [-0.3, -0.25) is 9.59 Å². The van der Waals surface area contributed by atoms with Crippen LogP contribution in [0.4, 0.5) is 0 Å². The van der Waals surface area contributed by atoms with Crippen molar-refractivity contribution in [2.24, 2.45) is 10.8 Å². The average Bonchev–Trinajstić information content (AvgIpc) is 2.86. The van der Waals surface area contributed by atoms with Gasteiger partial charge in [-0.05, 0) is 12.8 Å². The monoisotopic (exact) mass is 225 g/mol. The number of quaternary nitrogens is 1. The molecule has 4 rings (SSSR count). The molecule has 0 aromatic heterocycles. The SMILES string of the molecule is O=C1OC(=O)C23C[NH+]([O-])CC12C1CCC3O1. The number of hydrogen-bond acceptors (Lipinski definition) is 5. The summed E-state index contributed by atoms with van der Waals surface area (Å²) in [6.45, 7) is 0.248. The van der Waals surface area contributed by atoms with E-state index in [0.717, 1.165) is 12.8 Å². The molecule has 1 N–H and O–H groups in total. The number of ether oxygens (including phenoxy) is 2. The molecule has 6 nitrogen and oxygen atoms in total. The zero-order chi connectivity index (χ0) is 11.1. The summed E-state index contributed by atoms with van der Waals surface area (Å²) in [5.74, 6) is -1.06. The zero-order valence-electron chi connectivity index (χ0n) is 8.52. The van der Waals surface area contributed by atoms with Crippen LogP contribution in [0.15, 0.2) is 0 Å². The summed E-state index contributed by atoms with van der Waals surface area (Å²) in [5.41, 5.74) is -1.94. The van der Waals surface area contributed by atoms with Gasteiger partial charge in [0.25, 0.3) is 0 Å². The third kappa shape index (κ3) is 0.621. The minimum atomic E-state index is -0.968. The second kappa shape index (κ2) is 2.32. The third-order valence-corrected chi connectivity index (χ3v) is 4.78. The first-order valence-electron chi connectivity index (χ1n) is 5.55. The van der Waals surface area contributed by atoms with E-state index in [0.29, 0.717) is 0 Å². The molecule has 4 fully saturated rings. The Morgan fingerprint density at radius 1 is 1.12 bits per heavy atom. The van der Waals surface area contributed by atoms with Gasteiger partial charge in [-0.15, -0.1) is 0 Å². The first-order valence-corrected chi connectivity index (χ1v) is 5.55. The van der Waals surface area contributed by atoms with Gasteiger partial charge in [-0.25, -0.2) is 0 Å². The maximum Gasteiger partial charge on any atom is 0.329 e. The minimum Gasteiger partial charge on any atom is -0.634 e. The Balaban J connectivity index is 1.98. The number of nitrogens with one attached hydrogen (secondary N) is 1. The summed E-state index contributed by atoms with van der Waals surface area (Å²) in [6.07, 6.45) is 0.926. The predicted octanol–water partition coefficient (Wildman–Crippen LogP) is -2.00. The molecule has 86 valence electrons. The van der Waals surface area contributed by atoms with E-state index >= 15 is 0 Å². The summed E-state index contributed by atoms with van der Waals surface area (Å²) in [4.78, 5) is 23.8. The van der Waals surface area contributed by atoms with E-state index in [1.807, 2.05) is 0 Å². The molecule has 4 saturated heterocycles. The Kier molecular flexibility index (Phi) is 1.32. The van der Waals surface area contributed by atoms with Crippen molar-refractivity contribution in [3.05, 3.63) is 5.21 Å². The number of hydroxylamine groups is 2. The molecule has 0 radical (unpaired) electrons. The maximum absolute atomic E-state index is 11.9. The van der Waals surface area contributed by atoms with E-state index in [2.05, 4.69) is 0 Å². The van der Waals surface area contributed by atoms with Crippen LogP contribution < -0.4 is 5.06 Å². The number of cyclic esters (lactones) is 2. The van der Waals surface area contributed by atoms with Gasteiger partial charge < -0.3 is 19.7 Å². The zero-order valence-corrected chi connectivity index (χ0v) is 8.52. The Labute approximate surface area is 91.1 Å². The van der Waals surface area contributed by atoms with Gasteiger partial charge in [-0.2, -0.15) is 0 Å². The van der Waals surface area contributed by atoms with Crippen LogP contribution in [0.2, 0.25) is 0 Å². The summed E-state index contributed by atoms with van der Waals surface area (Å²) in [7, 11) is 0. The van der Waals surface area contributed by atoms with Crippen molar-refractivity contribution in [1.82, 2.24) is 0 Å². The Morgan fingerprint density at radius 3 is 2.12 bits per heavy atom. The summed E-state index contributed by atoms with van der Waals surface area (Å²) >= 11 is 0. The van der Waals surface area contributed by atoms with E-state index in [1.54, 1.807) is 0 Å². The van der Waals surface area contributed by atoms with E-state index in [-0.39, 0.29) is 30.4 Å². The van der Waals surface area contributed by atoms with Crippen molar-refractivity contribution in [3.63, 3.8) is 0 Å². The van der Waals surface area contributed by atoms with E-state index in [9.17, 15) is 14.8 Å². The lowest BCUT2D eigenvalue weighted by atomic mass is 9.59. The van der Waals surface area contributed by atoms with Crippen LogP contribution in [0.3, 0.4) is 0 Å². The van der Waals surface area contributed by atoms with Crippen LogP contribution in [0.25, 0.3) is 0 Å². The topological polar surface area (TPSA) is 80.1 Å². The van der Waals surface area contributed by atoms with Crippen LogP contribution in [0.1, 0.15) is 12.8 Å². The first kappa shape index (κ1) is 9.09. The Bertz CT molecular complexity index is 387. The van der Waals surface area contributed by atoms with E-state index in [4.69, 9.17) is 9.47 Å². The molecule has 0 saturated carbocycles. The Hall–Kier alpha value is -0.980. The number of carbonyl (C=O) groups excluding carboxylic acids is 2. The molecule has 0 amide bonds. The Morgan fingerprint density at radius 2 is 1.62 bits per heavy atom. The third-order valence-electron chi connectivity index (χ3n) is 4.78. The number of carbonyl (C=O) groups is 2. The van der Waals surface area contributed by atoms with Crippen LogP contribution in [0, 0.1) is 16.0 Å². The van der Waals surface area contributed by atoms with Crippen LogP contribution in [-0.4, -0.2) is 37.2 Å². The van der Waals surface area contributed by atoms with Crippen LogP contribution in [0.5, 0.6) is 0 Å². The highest BCUT2D eigenvalue weighted by Gasteiger charge is 2.86. The molecule has 4 atom stereocenters. The lowest BCUT2D eigenvalue weighted by Gasteiger charge is -2.30. The molecule has 2 bridgehead atoms. The van der Waals surface area contributed by atoms with Crippen molar-refractivity contribution in [2.75, 3.05) is 13.1 Å². The van der Waals surface area contributed by atoms with Gasteiger partial charge in [0.05, 0.1) is 25.3 Å². The molecular weight excluding hydrogens is 214 g/mol. The molecule has 0 aliphatic carbocycles. The fourth-order valence-electron chi connectivity index (χ4n) is 4.20. The second-order valence-corrected chi connectivity index (χ2v) is 5.20. The molecular formula is C10H11NO5. The highest BCUT2D eigenvalue weighted by molar-refractivity contribution is 6.04. The summed E-state index contributed by atoms with van der Waals surface area (Å²) in [6, 6.07) is 0. The number of hydrogen-bond donors (Lipinski definition) is 1. The predicted molar refractivity (Wildman–Crippen MR) is 47.9 cm³/mol. The highest BCUT2D eigenvalue weighted by Crippen LogP contribution is 2.64. The molecule has 0 aromatic rings. The van der Waals surface area contributed by atoms with Crippen molar-refractivity contribution in [3.8, 4) is 0 Å². The summed E-state index contributed by atoms with van der Waals surface area (Å²) in [5, 5.41) is 11.6. The largest absolute Gasteiger partial charge is 0.634 e. The first-order chi connectivity index (χ1) is 7.61. The average molecular weight is 225 g/mol. The van der Waals surface area contributed by atoms with Crippen molar-refractivity contribution < 1.29 is 24.1 Å². The van der Waals surface area contributed by atoms with Gasteiger partial charge in [0, 0.05) is 0 Å². The van der Waals surface area contributed by atoms with Crippen LogP contribution >= 0.6 is 0 Å². The molecule has 4 aliphatic rings. The van der Waals surface area contributed by atoms with Gasteiger partial charge in [0.15, 0.2) is 10.8 Å². The molecule has 6 heteroatoms. The van der Waals surface area contributed by atoms with E-state index in [1.165, 1.54) is 0 Å². The molecule has 4 unspecified atom stereocenters. The minimum absolute atomic E-state index is 0.00907. The number of fused-ring (bicyclic) bond motifs is 2. The fraction of sp³-hybridized carbons (Fsp3) is 0.800. The quantitative estimate of drug-likeness (QED) is 0.293. The van der Waals surface area contributed by atoms with Gasteiger partial charge >= 0.3 is 11.9 Å². The molecule has 4 aliphatic heterocycles. The number of esters is 2. The van der Waals surface area contributed by atoms with Crippen molar-refractivity contribution in [1.29, 1.82) is 0 Å². The highest BCUT2D eigenvalue weighted by atomic mass is 16.6. The number of rotatable bonds is 0. The maximum atomic E-state index is 11.9.